The fourth-order valence-corrected chi connectivity index (χ4v) is 3.84. The van der Waals surface area contributed by atoms with Crippen molar-refractivity contribution in [2.45, 2.75) is 52.4 Å². The summed E-state index contributed by atoms with van der Waals surface area (Å²) < 4.78 is 25.8. The van der Waals surface area contributed by atoms with Crippen molar-refractivity contribution in [3.8, 4) is 5.75 Å². The number of carbonyl (C=O) groups is 5. The first-order valence-electron chi connectivity index (χ1n) is 12.9. The third-order valence-electron chi connectivity index (χ3n) is 6.05. The second-order valence-corrected chi connectivity index (χ2v) is 9.27. The molecular formula is C29H36O10. The Morgan fingerprint density at radius 3 is 2.05 bits per heavy atom. The number of benzene rings is 1. The molecule has 1 aromatic carbocycles. The van der Waals surface area contributed by atoms with Gasteiger partial charge in [0, 0.05) is 11.6 Å². The Labute approximate surface area is 228 Å². The van der Waals surface area contributed by atoms with Gasteiger partial charge in [-0.1, -0.05) is 19.2 Å². The first kappa shape index (κ1) is 31.3. The van der Waals surface area contributed by atoms with Crippen LogP contribution < -0.4 is 4.74 Å². The van der Waals surface area contributed by atoms with Crippen LogP contribution in [0.4, 0.5) is 0 Å². The van der Waals surface area contributed by atoms with Crippen molar-refractivity contribution < 1.29 is 47.7 Å². The van der Waals surface area contributed by atoms with E-state index < -0.39 is 29.8 Å². The number of unbranched alkanes of at least 4 members (excludes halogenated alkanes) is 1. The zero-order valence-electron chi connectivity index (χ0n) is 22.5. The van der Waals surface area contributed by atoms with Crippen LogP contribution in [0, 0.1) is 18.8 Å². The maximum atomic E-state index is 12.8. The molecule has 1 aliphatic rings. The highest BCUT2D eigenvalue weighted by molar-refractivity contribution is 5.94. The summed E-state index contributed by atoms with van der Waals surface area (Å²) in [6.07, 6.45) is 4.12. The molecule has 1 aliphatic carbocycles. The Bertz CT molecular complexity index is 1070. The summed E-state index contributed by atoms with van der Waals surface area (Å²) in [5, 5.41) is 0. The number of rotatable bonds is 14. The molecular weight excluding hydrogens is 508 g/mol. The molecule has 0 spiro atoms. The van der Waals surface area contributed by atoms with Crippen LogP contribution in [0.3, 0.4) is 0 Å². The van der Waals surface area contributed by atoms with Gasteiger partial charge in [0.15, 0.2) is 0 Å². The second-order valence-electron chi connectivity index (χ2n) is 9.27. The van der Waals surface area contributed by atoms with Crippen LogP contribution in [0.5, 0.6) is 5.75 Å². The van der Waals surface area contributed by atoms with E-state index >= 15 is 0 Å². The number of carbonyl (C=O) groups excluding carboxylic acids is 5. The molecule has 0 amide bonds. The monoisotopic (exact) mass is 544 g/mol. The lowest BCUT2D eigenvalue weighted by atomic mass is 9.82. The summed E-state index contributed by atoms with van der Waals surface area (Å²) in [4.78, 5) is 60.2. The highest BCUT2D eigenvalue weighted by Crippen LogP contribution is 2.32. The molecule has 0 radical (unpaired) electrons. The Morgan fingerprint density at radius 2 is 1.44 bits per heavy atom. The van der Waals surface area contributed by atoms with Gasteiger partial charge in [-0.15, -0.1) is 0 Å². The summed E-state index contributed by atoms with van der Waals surface area (Å²) in [6.45, 7) is 10.3. The van der Waals surface area contributed by atoms with Crippen molar-refractivity contribution in [2.24, 2.45) is 11.8 Å². The van der Waals surface area contributed by atoms with Gasteiger partial charge in [-0.3, -0.25) is 9.59 Å². The molecule has 0 heterocycles. The molecule has 0 aliphatic heterocycles. The summed E-state index contributed by atoms with van der Waals surface area (Å²) in [6, 6.07) is 4.80. The number of aryl methyl sites for hydroxylation is 1. The van der Waals surface area contributed by atoms with Crippen LogP contribution in [0.15, 0.2) is 43.0 Å². The van der Waals surface area contributed by atoms with Crippen molar-refractivity contribution in [1.82, 2.24) is 0 Å². The minimum Gasteiger partial charge on any atom is -0.465 e. The zero-order chi connectivity index (χ0) is 28.8. The lowest BCUT2D eigenvalue weighted by Gasteiger charge is -2.26. The van der Waals surface area contributed by atoms with E-state index in [0.717, 1.165) is 11.6 Å². The van der Waals surface area contributed by atoms with E-state index in [4.69, 9.17) is 23.7 Å². The van der Waals surface area contributed by atoms with Crippen LogP contribution in [0.25, 0.3) is 0 Å². The Hall–Kier alpha value is -3.95. The largest absolute Gasteiger partial charge is 0.465 e. The summed E-state index contributed by atoms with van der Waals surface area (Å²) in [7, 11) is 0. The van der Waals surface area contributed by atoms with Gasteiger partial charge in [-0.25, -0.2) is 14.4 Å². The van der Waals surface area contributed by atoms with Crippen molar-refractivity contribution in [1.29, 1.82) is 0 Å². The minimum atomic E-state index is -0.710. The number of hydrogen-bond acceptors (Lipinski definition) is 10. The first-order chi connectivity index (χ1) is 18.6. The maximum Gasteiger partial charge on any atom is 0.342 e. The van der Waals surface area contributed by atoms with E-state index in [1.165, 1.54) is 13.0 Å². The summed E-state index contributed by atoms with van der Waals surface area (Å²) in [5.41, 5.74) is 1.10. The highest BCUT2D eigenvalue weighted by atomic mass is 16.6. The fourth-order valence-electron chi connectivity index (χ4n) is 3.84. The van der Waals surface area contributed by atoms with Gasteiger partial charge in [0.05, 0.1) is 25.0 Å². The van der Waals surface area contributed by atoms with Crippen LogP contribution in [0.1, 0.15) is 61.4 Å². The van der Waals surface area contributed by atoms with Gasteiger partial charge in [0.25, 0.3) is 0 Å². The minimum absolute atomic E-state index is 0.0785. The number of ether oxygens (including phenoxy) is 5. The predicted octanol–water partition coefficient (Wildman–Crippen LogP) is 4.04. The zero-order valence-corrected chi connectivity index (χ0v) is 22.5. The van der Waals surface area contributed by atoms with E-state index in [-0.39, 0.29) is 55.2 Å². The lowest BCUT2D eigenvalue weighted by molar-refractivity contribution is -0.152. The molecule has 0 bridgehead atoms. The van der Waals surface area contributed by atoms with E-state index in [2.05, 4.69) is 13.2 Å². The SMILES string of the molecule is C=CC(=O)OCCCCOC(=O)C1CCC(C(=O)Oc2ccc(C)cc2C(=O)OCCOC(=O)C(=C)C)CC1. The third kappa shape index (κ3) is 10.7. The number of esters is 5. The third-order valence-corrected chi connectivity index (χ3v) is 6.05. The molecule has 2 rings (SSSR count). The van der Waals surface area contributed by atoms with Gasteiger partial charge in [-0.05, 0) is 70.1 Å². The van der Waals surface area contributed by atoms with Gasteiger partial charge in [0.2, 0.25) is 0 Å². The van der Waals surface area contributed by atoms with Crippen LogP contribution in [-0.2, 0) is 38.1 Å². The Kier molecular flexibility index (Phi) is 12.9. The van der Waals surface area contributed by atoms with Gasteiger partial charge < -0.3 is 23.7 Å². The van der Waals surface area contributed by atoms with Gasteiger partial charge >= 0.3 is 29.8 Å². The van der Waals surface area contributed by atoms with Crippen LogP contribution in [-0.4, -0.2) is 56.3 Å². The van der Waals surface area contributed by atoms with E-state index in [1.54, 1.807) is 19.1 Å². The Balaban J connectivity index is 1.79. The summed E-state index contributed by atoms with van der Waals surface area (Å²) in [5.74, 6) is -3.20. The molecule has 1 saturated carbocycles. The van der Waals surface area contributed by atoms with Crippen LogP contribution in [0.2, 0.25) is 0 Å². The average molecular weight is 545 g/mol. The Morgan fingerprint density at radius 1 is 0.846 bits per heavy atom. The van der Waals surface area contributed by atoms with Crippen molar-refractivity contribution in [3.05, 3.63) is 54.1 Å². The molecule has 1 fully saturated rings. The predicted molar refractivity (Wildman–Crippen MR) is 140 cm³/mol. The standard InChI is InChI=1S/C29H36O10/c1-5-25(30)35-14-6-7-15-36-27(32)21-9-11-22(12-10-21)28(33)39-24-13-8-20(4)18-23(24)29(34)38-17-16-37-26(31)19(2)3/h5,8,13,18,21-22H,1-2,6-7,9-12,14-17H2,3-4H3. The first-order valence-corrected chi connectivity index (χ1v) is 12.9. The molecule has 0 N–H and O–H groups in total. The molecule has 0 unspecified atom stereocenters. The smallest absolute Gasteiger partial charge is 0.342 e. The summed E-state index contributed by atoms with van der Waals surface area (Å²) >= 11 is 0. The van der Waals surface area contributed by atoms with E-state index in [9.17, 15) is 24.0 Å². The van der Waals surface area contributed by atoms with Gasteiger partial charge in [0.1, 0.15) is 24.5 Å². The van der Waals surface area contributed by atoms with Crippen molar-refractivity contribution in [3.63, 3.8) is 0 Å². The normalized spacial score (nSPS) is 16.4. The lowest BCUT2D eigenvalue weighted by Crippen LogP contribution is -2.30. The quantitative estimate of drug-likeness (QED) is 0.111. The van der Waals surface area contributed by atoms with Crippen molar-refractivity contribution >= 4 is 29.8 Å². The molecule has 1 aromatic rings. The fraction of sp³-hybridized carbons (Fsp3) is 0.483. The average Bonchev–Trinajstić information content (AvgIpc) is 2.93. The molecule has 0 atom stereocenters. The molecule has 0 saturated heterocycles. The topological polar surface area (TPSA) is 132 Å². The van der Waals surface area contributed by atoms with E-state index in [1.807, 2.05) is 0 Å². The maximum absolute atomic E-state index is 12.8. The molecule has 10 heteroatoms. The molecule has 0 aromatic heterocycles. The number of hydrogen-bond donors (Lipinski definition) is 0. The van der Waals surface area contributed by atoms with Gasteiger partial charge in [-0.2, -0.15) is 0 Å². The molecule has 212 valence electrons. The second kappa shape index (κ2) is 16.1. The molecule has 10 nitrogen and oxygen atoms in total. The molecule has 39 heavy (non-hydrogen) atoms. The van der Waals surface area contributed by atoms with E-state index in [0.29, 0.717) is 38.5 Å². The highest BCUT2D eigenvalue weighted by Gasteiger charge is 2.32. The van der Waals surface area contributed by atoms with Crippen LogP contribution >= 0.6 is 0 Å². The van der Waals surface area contributed by atoms with Crippen molar-refractivity contribution in [2.75, 3.05) is 26.4 Å².